The molecule has 0 spiro atoms. The van der Waals surface area contributed by atoms with Crippen LogP contribution in [0.4, 0.5) is 27.5 Å². The third-order valence-corrected chi connectivity index (χ3v) is 4.44. The van der Waals surface area contributed by atoms with Gasteiger partial charge in [0.05, 0.1) is 5.69 Å². The fourth-order valence-corrected chi connectivity index (χ4v) is 3.21. The summed E-state index contributed by atoms with van der Waals surface area (Å²) < 4.78 is 13.4. The number of anilines is 4. The summed E-state index contributed by atoms with van der Waals surface area (Å²) in [4.78, 5) is 22.6. The first-order valence-electron chi connectivity index (χ1n) is 9.16. The van der Waals surface area contributed by atoms with Gasteiger partial charge < -0.3 is 21.3 Å². The number of nitrogens with zero attached hydrogens (tertiary/aromatic N) is 3. The fraction of sp³-hybridized carbons (Fsp3) is 0.421. The molecule has 8 heteroatoms. The molecule has 7 nitrogen and oxygen atoms in total. The predicted molar refractivity (Wildman–Crippen MR) is 105 cm³/mol. The molecule has 27 heavy (non-hydrogen) atoms. The smallest absolute Gasteiger partial charge is 0.229 e. The van der Waals surface area contributed by atoms with E-state index in [0.29, 0.717) is 18.2 Å². The number of carbonyl (C=O) groups is 1. The monoisotopic (exact) mass is 372 g/mol. The second-order valence-electron chi connectivity index (χ2n) is 6.78. The number of benzene rings is 1. The third kappa shape index (κ3) is 4.84. The Morgan fingerprint density at radius 3 is 2.89 bits per heavy atom. The highest BCUT2D eigenvalue weighted by Crippen LogP contribution is 2.24. The summed E-state index contributed by atoms with van der Waals surface area (Å²) in [5, 5.41) is 6.07. The molecule has 0 unspecified atom stereocenters. The van der Waals surface area contributed by atoms with Crippen molar-refractivity contribution >= 4 is 29.0 Å². The van der Waals surface area contributed by atoms with Gasteiger partial charge in [-0.2, -0.15) is 4.98 Å². The van der Waals surface area contributed by atoms with E-state index in [9.17, 15) is 9.18 Å². The van der Waals surface area contributed by atoms with Crippen molar-refractivity contribution in [1.82, 2.24) is 15.3 Å². The Balaban J connectivity index is 1.82. The van der Waals surface area contributed by atoms with Crippen molar-refractivity contribution in [1.29, 1.82) is 0 Å². The number of rotatable bonds is 6. The molecule has 2 heterocycles. The van der Waals surface area contributed by atoms with E-state index in [-0.39, 0.29) is 17.6 Å². The van der Waals surface area contributed by atoms with E-state index in [1.54, 1.807) is 6.07 Å². The standard InChI is InChI=1S/C19H25FN6O/c1-3-4-13-10-18(26-8-7-15(11-26)22-12(2)27)25-19(23-13)24-14-5-6-16(20)17(21)9-14/h5-6,9-10,15H,3-4,7-8,11,21H2,1-2H3,(H,22,27)(H,23,24,25)/t15-/m0/s1. The Bertz CT molecular complexity index is 828. The van der Waals surface area contributed by atoms with Gasteiger partial charge in [-0.05, 0) is 31.0 Å². The molecular weight excluding hydrogens is 347 g/mol. The molecule has 1 saturated heterocycles. The SMILES string of the molecule is CCCc1cc(N2CC[C@H](NC(C)=O)C2)nc(Nc2ccc(F)c(N)c2)n1. The Morgan fingerprint density at radius 2 is 2.19 bits per heavy atom. The van der Waals surface area contributed by atoms with Crippen molar-refractivity contribution in [3.63, 3.8) is 0 Å². The first kappa shape index (κ1) is 18.9. The molecule has 3 rings (SSSR count). The molecule has 1 amide bonds. The van der Waals surface area contributed by atoms with Gasteiger partial charge in [-0.25, -0.2) is 9.37 Å². The summed E-state index contributed by atoms with van der Waals surface area (Å²) in [5.74, 6) is 0.791. The lowest BCUT2D eigenvalue weighted by atomic mass is 10.2. The Kier molecular flexibility index (Phi) is 5.73. The van der Waals surface area contributed by atoms with Crippen LogP contribution in [0.5, 0.6) is 0 Å². The first-order valence-corrected chi connectivity index (χ1v) is 9.16. The summed E-state index contributed by atoms with van der Waals surface area (Å²) in [6.07, 6.45) is 2.68. The second kappa shape index (κ2) is 8.20. The van der Waals surface area contributed by atoms with Gasteiger partial charge in [-0.1, -0.05) is 13.3 Å². The van der Waals surface area contributed by atoms with E-state index in [0.717, 1.165) is 37.3 Å². The summed E-state index contributed by atoms with van der Waals surface area (Å²) in [5.41, 5.74) is 7.27. The van der Waals surface area contributed by atoms with E-state index >= 15 is 0 Å². The van der Waals surface area contributed by atoms with Crippen LogP contribution in [0.1, 0.15) is 32.4 Å². The molecule has 0 bridgehead atoms. The van der Waals surface area contributed by atoms with Crippen LogP contribution in [0.3, 0.4) is 0 Å². The van der Waals surface area contributed by atoms with Crippen LogP contribution in [-0.2, 0) is 11.2 Å². The molecule has 1 aliphatic heterocycles. The minimum atomic E-state index is -0.456. The summed E-state index contributed by atoms with van der Waals surface area (Å²) in [6, 6.07) is 6.55. The van der Waals surface area contributed by atoms with Gasteiger partial charge >= 0.3 is 0 Å². The Labute approximate surface area is 158 Å². The maximum absolute atomic E-state index is 13.4. The molecular formula is C19H25FN6O. The number of aromatic nitrogens is 2. The predicted octanol–water partition coefficient (Wildman–Crippen LogP) is 2.61. The van der Waals surface area contributed by atoms with Crippen molar-refractivity contribution in [3.05, 3.63) is 35.8 Å². The molecule has 1 fully saturated rings. The molecule has 1 aromatic heterocycles. The van der Waals surface area contributed by atoms with E-state index in [1.165, 1.54) is 19.1 Å². The van der Waals surface area contributed by atoms with Crippen LogP contribution in [0.2, 0.25) is 0 Å². The number of carbonyl (C=O) groups excluding carboxylic acids is 1. The largest absolute Gasteiger partial charge is 0.396 e. The number of amides is 1. The Morgan fingerprint density at radius 1 is 1.37 bits per heavy atom. The zero-order chi connectivity index (χ0) is 19.4. The zero-order valence-corrected chi connectivity index (χ0v) is 15.6. The highest BCUT2D eigenvalue weighted by atomic mass is 19.1. The van der Waals surface area contributed by atoms with Crippen molar-refractivity contribution in [2.24, 2.45) is 0 Å². The minimum Gasteiger partial charge on any atom is -0.396 e. The Hall–Kier alpha value is -2.90. The van der Waals surface area contributed by atoms with Gasteiger partial charge in [0.15, 0.2) is 0 Å². The highest BCUT2D eigenvalue weighted by Gasteiger charge is 2.24. The lowest BCUT2D eigenvalue weighted by Crippen LogP contribution is -2.35. The van der Waals surface area contributed by atoms with Gasteiger partial charge in [0.1, 0.15) is 11.6 Å². The quantitative estimate of drug-likeness (QED) is 0.675. The van der Waals surface area contributed by atoms with Crippen LogP contribution in [0, 0.1) is 5.82 Å². The maximum Gasteiger partial charge on any atom is 0.229 e. The number of nitrogens with two attached hydrogens (primary N) is 1. The number of aryl methyl sites for hydroxylation is 1. The van der Waals surface area contributed by atoms with Crippen molar-refractivity contribution < 1.29 is 9.18 Å². The molecule has 2 aromatic rings. The first-order chi connectivity index (χ1) is 12.9. The molecule has 0 aliphatic carbocycles. The number of nitrogens with one attached hydrogen (secondary N) is 2. The van der Waals surface area contributed by atoms with Crippen LogP contribution in [0.15, 0.2) is 24.3 Å². The second-order valence-corrected chi connectivity index (χ2v) is 6.78. The number of halogens is 1. The summed E-state index contributed by atoms with van der Waals surface area (Å²) in [7, 11) is 0. The maximum atomic E-state index is 13.4. The number of nitrogen functional groups attached to an aromatic ring is 1. The van der Waals surface area contributed by atoms with Gasteiger partial charge in [0.2, 0.25) is 11.9 Å². The topological polar surface area (TPSA) is 96.2 Å². The van der Waals surface area contributed by atoms with Crippen LogP contribution >= 0.6 is 0 Å². The van der Waals surface area contributed by atoms with E-state index in [2.05, 4.69) is 32.4 Å². The number of hydrogen-bond donors (Lipinski definition) is 3. The van der Waals surface area contributed by atoms with Crippen molar-refractivity contribution in [2.45, 2.75) is 39.2 Å². The molecule has 1 aromatic carbocycles. The van der Waals surface area contributed by atoms with Gasteiger partial charge in [-0.15, -0.1) is 0 Å². The average molecular weight is 372 g/mol. The average Bonchev–Trinajstić information content (AvgIpc) is 3.06. The van der Waals surface area contributed by atoms with Gasteiger partial charge in [0, 0.05) is 43.5 Å². The number of hydrogen-bond acceptors (Lipinski definition) is 6. The lowest BCUT2D eigenvalue weighted by Gasteiger charge is -2.19. The molecule has 1 aliphatic rings. The van der Waals surface area contributed by atoms with Crippen LogP contribution in [0.25, 0.3) is 0 Å². The van der Waals surface area contributed by atoms with Crippen LogP contribution < -0.4 is 21.3 Å². The normalized spacial score (nSPS) is 16.4. The van der Waals surface area contributed by atoms with Crippen molar-refractivity contribution in [2.75, 3.05) is 29.0 Å². The molecule has 4 N–H and O–H groups in total. The van der Waals surface area contributed by atoms with E-state index in [4.69, 9.17) is 5.73 Å². The fourth-order valence-electron chi connectivity index (χ4n) is 3.21. The zero-order valence-electron chi connectivity index (χ0n) is 15.6. The molecule has 0 saturated carbocycles. The highest BCUT2D eigenvalue weighted by molar-refractivity contribution is 5.73. The lowest BCUT2D eigenvalue weighted by molar-refractivity contribution is -0.119. The van der Waals surface area contributed by atoms with Gasteiger partial charge in [-0.3, -0.25) is 4.79 Å². The third-order valence-electron chi connectivity index (χ3n) is 4.44. The summed E-state index contributed by atoms with van der Waals surface area (Å²) in [6.45, 7) is 5.16. The van der Waals surface area contributed by atoms with Crippen LogP contribution in [-0.4, -0.2) is 35.0 Å². The molecule has 1 atom stereocenters. The van der Waals surface area contributed by atoms with Crippen molar-refractivity contribution in [3.8, 4) is 0 Å². The van der Waals surface area contributed by atoms with E-state index < -0.39 is 5.82 Å². The minimum absolute atomic E-state index is 0.0209. The summed E-state index contributed by atoms with van der Waals surface area (Å²) >= 11 is 0. The van der Waals surface area contributed by atoms with Gasteiger partial charge in [0.25, 0.3) is 0 Å². The molecule has 0 radical (unpaired) electrons. The molecule has 144 valence electrons. The van der Waals surface area contributed by atoms with E-state index in [1.807, 2.05) is 6.07 Å².